The molecular formula is C14H13ClN4OS. The van der Waals surface area contributed by atoms with E-state index in [1.165, 1.54) is 0 Å². The van der Waals surface area contributed by atoms with Gasteiger partial charge in [0.25, 0.3) is 0 Å². The van der Waals surface area contributed by atoms with E-state index in [4.69, 9.17) is 16.3 Å². The van der Waals surface area contributed by atoms with Crippen molar-refractivity contribution in [3.63, 3.8) is 0 Å². The summed E-state index contributed by atoms with van der Waals surface area (Å²) in [5.74, 6) is 0. The van der Waals surface area contributed by atoms with Gasteiger partial charge in [0.05, 0.1) is 25.0 Å². The van der Waals surface area contributed by atoms with Gasteiger partial charge < -0.3 is 4.74 Å². The molecule has 5 nitrogen and oxygen atoms in total. The standard InChI is InChI=1S/C14H13ClN4OS/c1-20-8-12-6-19(18-17-12)7-13-9-21-14(16-13)10-2-4-11(15)5-3-10/h2-6,9H,7-8H2,1H3. The normalized spacial score (nSPS) is 11.0. The van der Waals surface area contributed by atoms with Gasteiger partial charge in [0.2, 0.25) is 0 Å². The minimum Gasteiger partial charge on any atom is -0.378 e. The maximum Gasteiger partial charge on any atom is 0.123 e. The number of rotatable bonds is 5. The Morgan fingerprint density at radius 1 is 1.24 bits per heavy atom. The molecule has 108 valence electrons. The number of halogens is 1. The molecule has 0 bridgehead atoms. The molecule has 3 rings (SSSR count). The first-order valence-electron chi connectivity index (χ1n) is 6.33. The number of aromatic nitrogens is 4. The molecule has 3 aromatic rings. The number of methoxy groups -OCH3 is 1. The first-order chi connectivity index (χ1) is 10.2. The SMILES string of the molecule is COCc1cn(Cc2csc(-c3ccc(Cl)cc3)n2)nn1. The van der Waals surface area contributed by atoms with E-state index in [0.717, 1.165) is 27.0 Å². The second-order valence-corrected chi connectivity index (χ2v) is 5.79. The third kappa shape index (κ3) is 3.47. The van der Waals surface area contributed by atoms with Gasteiger partial charge in [0, 0.05) is 23.1 Å². The highest BCUT2D eigenvalue weighted by atomic mass is 35.5. The van der Waals surface area contributed by atoms with Crippen LogP contribution < -0.4 is 0 Å². The lowest BCUT2D eigenvalue weighted by atomic mass is 10.2. The van der Waals surface area contributed by atoms with E-state index < -0.39 is 0 Å². The minimum atomic E-state index is 0.465. The molecule has 0 atom stereocenters. The Balaban J connectivity index is 1.73. The lowest BCUT2D eigenvalue weighted by molar-refractivity contribution is 0.181. The van der Waals surface area contributed by atoms with E-state index in [0.29, 0.717) is 13.2 Å². The molecular weight excluding hydrogens is 308 g/mol. The molecule has 0 spiro atoms. The number of thiazole rings is 1. The van der Waals surface area contributed by atoms with Crippen LogP contribution in [0.1, 0.15) is 11.4 Å². The van der Waals surface area contributed by atoms with Crippen molar-refractivity contribution in [1.82, 2.24) is 20.0 Å². The van der Waals surface area contributed by atoms with Crippen LogP contribution in [0.25, 0.3) is 10.6 Å². The van der Waals surface area contributed by atoms with Crippen molar-refractivity contribution in [3.8, 4) is 10.6 Å². The van der Waals surface area contributed by atoms with E-state index in [9.17, 15) is 0 Å². The summed E-state index contributed by atoms with van der Waals surface area (Å²) in [7, 11) is 1.64. The molecule has 2 heterocycles. The Morgan fingerprint density at radius 2 is 2.05 bits per heavy atom. The molecule has 2 aromatic heterocycles. The van der Waals surface area contributed by atoms with Gasteiger partial charge in [0.15, 0.2) is 0 Å². The number of nitrogens with zero attached hydrogens (tertiary/aromatic N) is 4. The maximum absolute atomic E-state index is 5.89. The average Bonchev–Trinajstić information content (AvgIpc) is 3.11. The van der Waals surface area contributed by atoms with Crippen LogP contribution in [-0.4, -0.2) is 27.1 Å². The third-order valence-corrected chi connectivity index (χ3v) is 4.04. The molecule has 0 unspecified atom stereocenters. The van der Waals surface area contributed by atoms with Crippen molar-refractivity contribution in [3.05, 3.63) is 52.3 Å². The molecule has 7 heteroatoms. The Kier molecular flexibility index (Phi) is 4.28. The molecule has 0 aliphatic carbocycles. The Hall–Kier alpha value is -1.76. The monoisotopic (exact) mass is 320 g/mol. The van der Waals surface area contributed by atoms with Crippen LogP contribution in [0.4, 0.5) is 0 Å². The number of benzene rings is 1. The predicted octanol–water partition coefficient (Wildman–Crippen LogP) is 3.25. The van der Waals surface area contributed by atoms with Crippen LogP contribution in [0, 0.1) is 0 Å². The molecule has 0 saturated heterocycles. The van der Waals surface area contributed by atoms with Gasteiger partial charge in [0.1, 0.15) is 10.7 Å². The van der Waals surface area contributed by atoms with Gasteiger partial charge in [-0.05, 0) is 12.1 Å². The van der Waals surface area contributed by atoms with Crippen LogP contribution in [0.2, 0.25) is 5.02 Å². The van der Waals surface area contributed by atoms with Crippen molar-refractivity contribution in [2.75, 3.05) is 7.11 Å². The highest BCUT2D eigenvalue weighted by Gasteiger charge is 2.07. The molecule has 0 N–H and O–H groups in total. The van der Waals surface area contributed by atoms with Crippen molar-refractivity contribution < 1.29 is 4.74 Å². The van der Waals surface area contributed by atoms with Crippen molar-refractivity contribution in [1.29, 1.82) is 0 Å². The fourth-order valence-electron chi connectivity index (χ4n) is 1.90. The zero-order valence-electron chi connectivity index (χ0n) is 11.4. The first kappa shape index (κ1) is 14.2. The molecule has 1 aromatic carbocycles. The molecule has 0 saturated carbocycles. The van der Waals surface area contributed by atoms with Gasteiger partial charge in [-0.25, -0.2) is 9.67 Å². The zero-order chi connectivity index (χ0) is 14.7. The van der Waals surface area contributed by atoms with Crippen LogP contribution in [-0.2, 0) is 17.9 Å². The summed E-state index contributed by atoms with van der Waals surface area (Å²) < 4.78 is 6.78. The quantitative estimate of drug-likeness (QED) is 0.724. The Morgan fingerprint density at radius 3 is 2.81 bits per heavy atom. The molecule has 0 radical (unpaired) electrons. The lowest BCUT2D eigenvalue weighted by Gasteiger charge is -1.97. The van der Waals surface area contributed by atoms with Gasteiger partial charge >= 0.3 is 0 Å². The average molecular weight is 321 g/mol. The fraction of sp³-hybridized carbons (Fsp3) is 0.214. The third-order valence-electron chi connectivity index (χ3n) is 2.85. The van der Waals surface area contributed by atoms with E-state index in [1.807, 2.05) is 35.8 Å². The topological polar surface area (TPSA) is 52.8 Å². The fourth-order valence-corrected chi connectivity index (χ4v) is 2.84. The van der Waals surface area contributed by atoms with Crippen molar-refractivity contribution >= 4 is 22.9 Å². The van der Waals surface area contributed by atoms with Crippen LogP contribution in [0.3, 0.4) is 0 Å². The highest BCUT2D eigenvalue weighted by molar-refractivity contribution is 7.13. The number of hydrogen-bond donors (Lipinski definition) is 0. The largest absolute Gasteiger partial charge is 0.378 e. The highest BCUT2D eigenvalue weighted by Crippen LogP contribution is 2.25. The summed E-state index contributed by atoms with van der Waals surface area (Å²) in [4.78, 5) is 4.62. The van der Waals surface area contributed by atoms with Gasteiger partial charge in [-0.2, -0.15) is 0 Å². The smallest absolute Gasteiger partial charge is 0.123 e. The van der Waals surface area contributed by atoms with Crippen molar-refractivity contribution in [2.45, 2.75) is 13.2 Å². The molecule has 0 aliphatic rings. The van der Waals surface area contributed by atoms with Crippen LogP contribution >= 0.6 is 22.9 Å². The van der Waals surface area contributed by atoms with Gasteiger partial charge in [-0.3, -0.25) is 0 Å². The molecule has 0 fully saturated rings. The number of ether oxygens (including phenoxy) is 1. The molecule has 0 aliphatic heterocycles. The summed E-state index contributed by atoms with van der Waals surface area (Å²) in [6.45, 7) is 1.06. The molecule has 21 heavy (non-hydrogen) atoms. The second kappa shape index (κ2) is 6.34. The van der Waals surface area contributed by atoms with E-state index >= 15 is 0 Å². The lowest BCUT2D eigenvalue weighted by Crippen LogP contribution is -2.00. The summed E-state index contributed by atoms with van der Waals surface area (Å²) in [6, 6.07) is 7.67. The summed E-state index contributed by atoms with van der Waals surface area (Å²) in [5, 5.41) is 11.8. The zero-order valence-corrected chi connectivity index (χ0v) is 12.9. The van der Waals surface area contributed by atoms with Crippen LogP contribution in [0.15, 0.2) is 35.8 Å². The Bertz CT molecular complexity index is 723. The minimum absolute atomic E-state index is 0.465. The summed E-state index contributed by atoms with van der Waals surface area (Å²) in [6.07, 6.45) is 1.87. The van der Waals surface area contributed by atoms with Gasteiger partial charge in [-0.15, -0.1) is 16.4 Å². The number of hydrogen-bond acceptors (Lipinski definition) is 5. The maximum atomic E-state index is 5.89. The van der Waals surface area contributed by atoms with E-state index in [1.54, 1.807) is 23.1 Å². The van der Waals surface area contributed by atoms with E-state index in [2.05, 4.69) is 15.3 Å². The van der Waals surface area contributed by atoms with Gasteiger partial charge in [-0.1, -0.05) is 28.9 Å². The first-order valence-corrected chi connectivity index (χ1v) is 7.58. The summed E-state index contributed by atoms with van der Waals surface area (Å²) in [5.41, 5.74) is 2.83. The van der Waals surface area contributed by atoms with E-state index in [-0.39, 0.29) is 0 Å². The predicted molar refractivity (Wildman–Crippen MR) is 82.4 cm³/mol. The molecule has 0 amide bonds. The second-order valence-electron chi connectivity index (χ2n) is 4.49. The van der Waals surface area contributed by atoms with Crippen molar-refractivity contribution in [2.24, 2.45) is 0 Å². The summed E-state index contributed by atoms with van der Waals surface area (Å²) >= 11 is 7.50. The Labute approximate surface area is 131 Å². The van der Waals surface area contributed by atoms with Crippen LogP contribution in [0.5, 0.6) is 0 Å².